The van der Waals surface area contributed by atoms with E-state index in [0.29, 0.717) is 0 Å². The monoisotopic (exact) mass is 332 g/mol. The van der Waals surface area contributed by atoms with Gasteiger partial charge in [0.15, 0.2) is 0 Å². The molecule has 1 aliphatic carbocycles. The average Bonchev–Trinajstić information content (AvgIpc) is 3.38. The van der Waals surface area contributed by atoms with Gasteiger partial charge in [0, 0.05) is 19.1 Å². The Morgan fingerprint density at radius 2 is 2.00 bits per heavy atom. The van der Waals surface area contributed by atoms with Crippen molar-refractivity contribution in [1.29, 1.82) is 0 Å². The number of methoxy groups -OCH3 is 2. The third-order valence-electron chi connectivity index (χ3n) is 5.12. The number of ether oxygens (including phenoxy) is 4. The summed E-state index contributed by atoms with van der Waals surface area (Å²) in [7, 11) is 3.28. The van der Waals surface area contributed by atoms with Gasteiger partial charge in [0.25, 0.3) is 0 Å². The Kier molecular flexibility index (Phi) is 4.92. The van der Waals surface area contributed by atoms with Crippen LogP contribution in [0.15, 0.2) is 30.3 Å². The SMILES string of the molecule is COc1ccc(/C=C/C(=O)OC2CCC3(CO3)C(C)C2OC)cc1. The molecule has 2 aliphatic rings. The highest BCUT2D eigenvalue weighted by atomic mass is 16.6. The maximum absolute atomic E-state index is 12.1. The van der Waals surface area contributed by atoms with Crippen LogP contribution in [0, 0.1) is 5.92 Å². The number of benzene rings is 1. The van der Waals surface area contributed by atoms with Gasteiger partial charge in [0.2, 0.25) is 0 Å². The summed E-state index contributed by atoms with van der Waals surface area (Å²) in [5, 5.41) is 0. The van der Waals surface area contributed by atoms with Crippen molar-refractivity contribution >= 4 is 12.0 Å². The van der Waals surface area contributed by atoms with Gasteiger partial charge in [-0.25, -0.2) is 4.79 Å². The molecule has 5 heteroatoms. The van der Waals surface area contributed by atoms with Crippen molar-refractivity contribution in [3.63, 3.8) is 0 Å². The highest BCUT2D eigenvalue weighted by Crippen LogP contribution is 2.47. The molecular weight excluding hydrogens is 308 g/mol. The summed E-state index contributed by atoms with van der Waals surface area (Å²) in [6, 6.07) is 7.47. The van der Waals surface area contributed by atoms with Gasteiger partial charge in [-0.2, -0.15) is 0 Å². The third-order valence-corrected chi connectivity index (χ3v) is 5.12. The smallest absolute Gasteiger partial charge is 0.331 e. The first-order valence-electron chi connectivity index (χ1n) is 8.27. The van der Waals surface area contributed by atoms with Crippen molar-refractivity contribution in [3.05, 3.63) is 35.9 Å². The van der Waals surface area contributed by atoms with Crippen LogP contribution in [-0.4, -0.2) is 44.6 Å². The summed E-state index contributed by atoms with van der Waals surface area (Å²) in [5.41, 5.74) is 0.862. The van der Waals surface area contributed by atoms with Crippen LogP contribution >= 0.6 is 0 Å². The fraction of sp³-hybridized carbons (Fsp3) is 0.526. The van der Waals surface area contributed by atoms with Crippen molar-refractivity contribution in [1.82, 2.24) is 0 Å². The summed E-state index contributed by atoms with van der Waals surface area (Å²) in [4.78, 5) is 12.1. The molecule has 1 spiro atoms. The number of epoxide rings is 1. The Morgan fingerprint density at radius 1 is 1.29 bits per heavy atom. The zero-order valence-electron chi connectivity index (χ0n) is 14.4. The molecule has 1 heterocycles. The number of hydrogen-bond acceptors (Lipinski definition) is 5. The summed E-state index contributed by atoms with van der Waals surface area (Å²) in [6.45, 7) is 2.89. The summed E-state index contributed by atoms with van der Waals surface area (Å²) < 4.78 is 21.9. The van der Waals surface area contributed by atoms with Crippen LogP contribution in [0.2, 0.25) is 0 Å². The predicted octanol–water partition coefficient (Wildman–Crippen LogP) is 2.83. The van der Waals surface area contributed by atoms with E-state index in [1.165, 1.54) is 6.08 Å². The number of carbonyl (C=O) groups is 1. The van der Waals surface area contributed by atoms with Gasteiger partial charge in [-0.15, -0.1) is 0 Å². The van der Waals surface area contributed by atoms with Crippen molar-refractivity contribution in [2.24, 2.45) is 5.92 Å². The van der Waals surface area contributed by atoms with Crippen molar-refractivity contribution in [2.75, 3.05) is 20.8 Å². The molecule has 3 rings (SSSR count). The number of esters is 1. The fourth-order valence-electron chi connectivity index (χ4n) is 3.45. The van der Waals surface area contributed by atoms with Crippen LogP contribution in [-0.2, 0) is 19.0 Å². The van der Waals surface area contributed by atoms with Crippen molar-refractivity contribution in [3.8, 4) is 5.75 Å². The fourth-order valence-corrected chi connectivity index (χ4v) is 3.45. The Labute approximate surface area is 142 Å². The Balaban J connectivity index is 1.58. The van der Waals surface area contributed by atoms with Gasteiger partial charge < -0.3 is 18.9 Å². The van der Waals surface area contributed by atoms with E-state index in [2.05, 4.69) is 6.92 Å². The van der Waals surface area contributed by atoms with Crippen molar-refractivity contribution < 1.29 is 23.7 Å². The molecule has 130 valence electrons. The topological polar surface area (TPSA) is 57.3 Å². The molecule has 0 N–H and O–H groups in total. The maximum Gasteiger partial charge on any atom is 0.331 e. The van der Waals surface area contributed by atoms with Crippen LogP contribution in [0.5, 0.6) is 5.75 Å². The quantitative estimate of drug-likeness (QED) is 0.471. The lowest BCUT2D eigenvalue weighted by molar-refractivity contribution is -0.160. The molecular formula is C19H24O5. The van der Waals surface area contributed by atoms with Gasteiger partial charge in [0.1, 0.15) is 11.9 Å². The van der Waals surface area contributed by atoms with E-state index in [9.17, 15) is 4.79 Å². The second kappa shape index (κ2) is 6.95. The Bertz CT molecular complexity index is 603. The number of carbonyl (C=O) groups excluding carboxylic acids is 1. The number of hydrogen-bond donors (Lipinski definition) is 0. The van der Waals surface area contributed by atoms with E-state index in [0.717, 1.165) is 30.8 Å². The first-order chi connectivity index (χ1) is 11.6. The molecule has 0 aromatic heterocycles. The highest BCUT2D eigenvalue weighted by molar-refractivity contribution is 5.87. The van der Waals surface area contributed by atoms with Crippen LogP contribution in [0.25, 0.3) is 6.08 Å². The summed E-state index contributed by atoms with van der Waals surface area (Å²) in [5.74, 6) is 0.655. The number of rotatable bonds is 5. The zero-order chi connectivity index (χ0) is 17.2. The van der Waals surface area contributed by atoms with E-state index in [1.54, 1.807) is 20.3 Å². The predicted molar refractivity (Wildman–Crippen MR) is 89.8 cm³/mol. The van der Waals surface area contributed by atoms with Crippen LogP contribution in [0.1, 0.15) is 25.3 Å². The highest BCUT2D eigenvalue weighted by Gasteiger charge is 2.57. The Hall–Kier alpha value is -1.85. The molecule has 4 atom stereocenters. The molecule has 5 nitrogen and oxygen atoms in total. The van der Waals surface area contributed by atoms with Gasteiger partial charge in [-0.05, 0) is 36.6 Å². The van der Waals surface area contributed by atoms with Gasteiger partial charge in [-0.3, -0.25) is 0 Å². The van der Waals surface area contributed by atoms with Crippen LogP contribution in [0.4, 0.5) is 0 Å². The zero-order valence-corrected chi connectivity index (χ0v) is 14.4. The van der Waals surface area contributed by atoms with Crippen molar-refractivity contribution in [2.45, 2.75) is 37.6 Å². The van der Waals surface area contributed by atoms with Gasteiger partial charge >= 0.3 is 5.97 Å². The van der Waals surface area contributed by atoms with E-state index < -0.39 is 0 Å². The maximum atomic E-state index is 12.1. The summed E-state index contributed by atoms with van der Waals surface area (Å²) >= 11 is 0. The molecule has 1 saturated heterocycles. The standard InChI is InChI=1S/C19H24O5/c1-13-18(22-3)16(10-11-19(13)12-23-19)24-17(20)9-6-14-4-7-15(21-2)8-5-14/h4-9,13,16,18H,10-12H2,1-3H3/b9-6+. The lowest BCUT2D eigenvalue weighted by Gasteiger charge is -2.38. The minimum atomic E-state index is -0.349. The lowest BCUT2D eigenvalue weighted by atomic mass is 9.76. The molecule has 24 heavy (non-hydrogen) atoms. The first kappa shape index (κ1) is 17.0. The first-order valence-corrected chi connectivity index (χ1v) is 8.27. The minimum absolute atomic E-state index is 0.0531. The molecule has 0 radical (unpaired) electrons. The van der Waals surface area contributed by atoms with Crippen LogP contribution < -0.4 is 4.74 Å². The lowest BCUT2D eigenvalue weighted by Crippen LogP contribution is -2.48. The Morgan fingerprint density at radius 3 is 2.58 bits per heavy atom. The molecule has 1 saturated carbocycles. The van der Waals surface area contributed by atoms with E-state index in [-0.39, 0.29) is 29.7 Å². The third kappa shape index (κ3) is 3.47. The molecule has 4 unspecified atom stereocenters. The molecule has 1 aliphatic heterocycles. The second-order valence-corrected chi connectivity index (χ2v) is 6.46. The van der Waals surface area contributed by atoms with E-state index in [4.69, 9.17) is 18.9 Å². The largest absolute Gasteiger partial charge is 0.497 e. The molecule has 1 aromatic rings. The average molecular weight is 332 g/mol. The summed E-state index contributed by atoms with van der Waals surface area (Å²) in [6.07, 6.45) is 4.52. The molecule has 1 aromatic carbocycles. The molecule has 0 bridgehead atoms. The van der Waals surface area contributed by atoms with Gasteiger partial charge in [0.05, 0.1) is 25.4 Å². The molecule has 0 amide bonds. The van der Waals surface area contributed by atoms with Gasteiger partial charge in [-0.1, -0.05) is 19.1 Å². The molecule has 2 fully saturated rings. The van der Waals surface area contributed by atoms with Crippen LogP contribution in [0.3, 0.4) is 0 Å². The van der Waals surface area contributed by atoms with E-state index in [1.807, 2.05) is 24.3 Å². The van der Waals surface area contributed by atoms with E-state index >= 15 is 0 Å². The second-order valence-electron chi connectivity index (χ2n) is 6.46. The normalized spacial score (nSPS) is 32.0. The minimum Gasteiger partial charge on any atom is -0.497 e.